The number of aliphatic hydroxyl groups is 1. The average molecular weight is 519 g/mol. The van der Waals surface area contributed by atoms with E-state index in [1.807, 2.05) is 12.1 Å². The number of likely N-dealkylation sites (tertiary alicyclic amines) is 1. The van der Waals surface area contributed by atoms with Crippen molar-refractivity contribution in [1.29, 1.82) is 5.26 Å². The summed E-state index contributed by atoms with van der Waals surface area (Å²) in [5, 5.41) is 22.3. The molecule has 3 fully saturated rings. The molecule has 2 N–H and O–H groups in total. The van der Waals surface area contributed by atoms with Crippen LogP contribution in [0.15, 0.2) is 36.4 Å². The first-order chi connectivity index (χ1) is 18.4. The van der Waals surface area contributed by atoms with Crippen LogP contribution in [0.1, 0.15) is 71.5 Å². The Bertz CT molecular complexity index is 1300. The van der Waals surface area contributed by atoms with Gasteiger partial charge in [0.2, 0.25) is 5.91 Å². The Hall–Kier alpha value is -3.48. The van der Waals surface area contributed by atoms with Crippen molar-refractivity contribution in [2.24, 2.45) is 0 Å². The minimum Gasteiger partial charge on any atom is -0.489 e. The highest BCUT2D eigenvalue weighted by molar-refractivity contribution is 5.99. The topological polar surface area (TPSA) is 106 Å². The number of carbonyl (C=O) groups is 2. The van der Waals surface area contributed by atoms with E-state index in [1.54, 1.807) is 17.0 Å². The number of amides is 2. The highest BCUT2D eigenvalue weighted by Crippen LogP contribution is 2.37. The molecule has 8 nitrogen and oxygen atoms in total. The second-order valence-corrected chi connectivity index (χ2v) is 10.9. The molecule has 198 valence electrons. The van der Waals surface area contributed by atoms with Crippen LogP contribution in [0.2, 0.25) is 0 Å². The second kappa shape index (κ2) is 10.0. The summed E-state index contributed by atoms with van der Waals surface area (Å²) in [5.41, 5.74) is 2.80. The first-order valence-corrected chi connectivity index (χ1v) is 13.4. The predicted molar refractivity (Wildman–Crippen MR) is 136 cm³/mol. The molecule has 9 heteroatoms. The molecule has 2 aromatic carbocycles. The van der Waals surface area contributed by atoms with Gasteiger partial charge < -0.3 is 20.1 Å². The van der Waals surface area contributed by atoms with Crippen LogP contribution in [-0.2, 0) is 11.3 Å². The van der Waals surface area contributed by atoms with Gasteiger partial charge in [0.1, 0.15) is 23.9 Å². The lowest BCUT2D eigenvalue weighted by molar-refractivity contribution is -0.129. The molecule has 2 saturated heterocycles. The smallest absolute Gasteiger partial charge is 0.254 e. The number of rotatable bonds is 5. The van der Waals surface area contributed by atoms with E-state index >= 15 is 0 Å². The van der Waals surface area contributed by atoms with Crippen LogP contribution in [0.3, 0.4) is 0 Å². The van der Waals surface area contributed by atoms with Gasteiger partial charge in [-0.1, -0.05) is 12.5 Å². The summed E-state index contributed by atoms with van der Waals surface area (Å²) < 4.78 is 20.1. The Morgan fingerprint density at radius 2 is 1.87 bits per heavy atom. The molecule has 3 heterocycles. The number of hydrogen-bond donors (Lipinski definition) is 2. The first-order valence-electron chi connectivity index (χ1n) is 13.4. The zero-order valence-electron chi connectivity index (χ0n) is 21.1. The van der Waals surface area contributed by atoms with E-state index in [-0.39, 0.29) is 42.1 Å². The molecule has 38 heavy (non-hydrogen) atoms. The van der Waals surface area contributed by atoms with E-state index in [2.05, 4.69) is 16.3 Å². The molecule has 1 saturated carbocycles. The molecule has 4 atom stereocenters. The minimum atomic E-state index is -1.06. The molecule has 3 aliphatic heterocycles. The highest BCUT2D eigenvalue weighted by Gasteiger charge is 2.41. The number of nitrogens with one attached hydrogen (secondary N) is 1. The molecule has 2 aromatic rings. The Morgan fingerprint density at radius 1 is 1.05 bits per heavy atom. The van der Waals surface area contributed by atoms with Crippen molar-refractivity contribution in [3.05, 3.63) is 64.5 Å². The number of benzene rings is 2. The summed E-state index contributed by atoms with van der Waals surface area (Å²) >= 11 is 0. The van der Waals surface area contributed by atoms with Crippen LogP contribution in [-0.4, -0.2) is 64.2 Å². The fourth-order valence-electron chi connectivity index (χ4n) is 6.53. The summed E-state index contributed by atoms with van der Waals surface area (Å²) in [6, 6.07) is 12.0. The molecule has 2 amide bonds. The van der Waals surface area contributed by atoms with E-state index in [1.165, 1.54) is 12.1 Å². The molecule has 0 spiro atoms. The molecule has 6 rings (SSSR count). The third-order valence-corrected chi connectivity index (χ3v) is 8.56. The van der Waals surface area contributed by atoms with E-state index in [0.717, 1.165) is 55.6 Å². The van der Waals surface area contributed by atoms with Gasteiger partial charge >= 0.3 is 0 Å². The maximum absolute atomic E-state index is 13.6. The fourth-order valence-corrected chi connectivity index (χ4v) is 6.53. The number of carbonyl (C=O) groups excluding carboxylic acids is 2. The fraction of sp³-hybridized carbons (Fsp3) is 0.483. The van der Waals surface area contributed by atoms with Crippen molar-refractivity contribution >= 4 is 11.8 Å². The Morgan fingerprint density at radius 3 is 2.66 bits per heavy atom. The van der Waals surface area contributed by atoms with Gasteiger partial charge in [0.25, 0.3) is 5.91 Å². The number of halogens is 1. The van der Waals surface area contributed by atoms with Gasteiger partial charge in [-0.2, -0.15) is 5.26 Å². The summed E-state index contributed by atoms with van der Waals surface area (Å²) in [4.78, 5) is 28.7. The van der Waals surface area contributed by atoms with Gasteiger partial charge in [0.05, 0.1) is 17.7 Å². The zero-order chi connectivity index (χ0) is 26.4. The maximum atomic E-state index is 13.6. The maximum Gasteiger partial charge on any atom is 0.254 e. The van der Waals surface area contributed by atoms with Crippen molar-refractivity contribution in [1.82, 2.24) is 15.1 Å². The largest absolute Gasteiger partial charge is 0.489 e. The molecular formula is C29H31FN4O4. The normalized spacial score (nSPS) is 27.9. The van der Waals surface area contributed by atoms with Crippen LogP contribution in [0.25, 0.3) is 0 Å². The third-order valence-electron chi connectivity index (χ3n) is 8.56. The SMILES string of the molecule is N#Cc1cc(F)ccc1C1CN(C2CCCC[C@@H]2Oc2ccc3c(c2)CN(C2CCC(=O)NC2O)C3=O)C1. The Kier molecular flexibility index (Phi) is 6.54. The molecule has 3 unspecified atom stereocenters. The zero-order valence-corrected chi connectivity index (χ0v) is 21.1. The number of piperidine rings is 1. The average Bonchev–Trinajstić information content (AvgIpc) is 3.20. The summed E-state index contributed by atoms with van der Waals surface area (Å²) in [5.74, 6) is 0.224. The Labute approximate surface area is 221 Å². The van der Waals surface area contributed by atoms with Gasteiger partial charge in [-0.3, -0.25) is 14.5 Å². The molecular weight excluding hydrogens is 487 g/mol. The first kappa shape index (κ1) is 24.8. The Balaban J connectivity index is 1.12. The monoisotopic (exact) mass is 518 g/mol. The van der Waals surface area contributed by atoms with Gasteiger partial charge in [-0.25, -0.2) is 4.39 Å². The van der Waals surface area contributed by atoms with E-state index < -0.39 is 12.3 Å². The van der Waals surface area contributed by atoms with Crippen LogP contribution in [0, 0.1) is 17.1 Å². The van der Waals surface area contributed by atoms with Crippen molar-refractivity contribution in [2.45, 2.75) is 75.4 Å². The van der Waals surface area contributed by atoms with Crippen LogP contribution in [0.5, 0.6) is 5.75 Å². The number of aliphatic hydroxyl groups excluding tert-OH is 1. The summed E-state index contributed by atoms with van der Waals surface area (Å²) in [7, 11) is 0. The summed E-state index contributed by atoms with van der Waals surface area (Å²) in [6.45, 7) is 2.02. The van der Waals surface area contributed by atoms with E-state index in [4.69, 9.17) is 4.74 Å². The van der Waals surface area contributed by atoms with E-state index in [9.17, 15) is 24.3 Å². The van der Waals surface area contributed by atoms with Gasteiger partial charge in [0, 0.05) is 43.6 Å². The minimum absolute atomic E-state index is 0.0231. The summed E-state index contributed by atoms with van der Waals surface area (Å²) in [6.07, 6.45) is 3.90. The van der Waals surface area contributed by atoms with Crippen LogP contribution >= 0.6 is 0 Å². The highest BCUT2D eigenvalue weighted by atomic mass is 19.1. The predicted octanol–water partition coefficient (Wildman–Crippen LogP) is 3.04. The van der Waals surface area contributed by atoms with Crippen molar-refractivity contribution < 1.29 is 23.8 Å². The quantitative estimate of drug-likeness (QED) is 0.631. The van der Waals surface area contributed by atoms with E-state index in [0.29, 0.717) is 24.1 Å². The number of fused-ring (bicyclic) bond motifs is 1. The number of nitriles is 1. The molecule has 0 aromatic heterocycles. The van der Waals surface area contributed by atoms with Crippen LogP contribution in [0.4, 0.5) is 4.39 Å². The second-order valence-electron chi connectivity index (χ2n) is 10.9. The number of nitrogens with zero attached hydrogens (tertiary/aromatic N) is 3. The molecule has 0 bridgehead atoms. The van der Waals surface area contributed by atoms with Gasteiger partial charge in [-0.05, 0) is 67.1 Å². The number of hydrogen-bond acceptors (Lipinski definition) is 6. The molecule has 4 aliphatic rings. The molecule has 1 aliphatic carbocycles. The van der Waals surface area contributed by atoms with Gasteiger partial charge in [-0.15, -0.1) is 0 Å². The number of ether oxygens (including phenoxy) is 1. The standard InChI is InChI=1S/C29H31FN4O4/c30-20-5-7-22(17(11-20)13-31)19-14-33(15-19)24-3-1-2-4-26(24)38-21-6-8-23-18(12-21)16-34(29(23)37)25-9-10-27(35)32-28(25)36/h5-8,11-12,19,24-26,28,36H,1-4,9-10,14-16H2,(H,32,35)/t24?,25?,26-,28?/m0/s1. The third kappa shape index (κ3) is 4.52. The lowest BCUT2D eigenvalue weighted by atomic mass is 9.83. The molecule has 0 radical (unpaired) electrons. The van der Waals surface area contributed by atoms with Crippen molar-refractivity contribution in [3.63, 3.8) is 0 Å². The van der Waals surface area contributed by atoms with Crippen molar-refractivity contribution in [3.8, 4) is 11.8 Å². The lowest BCUT2D eigenvalue weighted by Crippen LogP contribution is -2.57. The van der Waals surface area contributed by atoms with Gasteiger partial charge in [0.15, 0.2) is 0 Å². The van der Waals surface area contributed by atoms with Crippen LogP contribution < -0.4 is 10.1 Å². The van der Waals surface area contributed by atoms with Crippen molar-refractivity contribution in [2.75, 3.05) is 13.1 Å². The lowest BCUT2D eigenvalue weighted by Gasteiger charge is -2.48.